The van der Waals surface area contributed by atoms with Gasteiger partial charge in [0.25, 0.3) is 0 Å². The number of nitrogens with one attached hydrogen (secondary N) is 1. The van der Waals surface area contributed by atoms with Gasteiger partial charge in [-0.25, -0.2) is 0 Å². The third kappa shape index (κ3) is 3.88. The number of rotatable bonds is 4. The average molecular weight is 246 g/mol. The maximum Gasteiger partial charge on any atom is 0.169 e. The molecule has 0 aromatic heterocycles. The van der Waals surface area contributed by atoms with Gasteiger partial charge in [0.05, 0.1) is 12.2 Å². The molecule has 0 aliphatic carbocycles. The van der Waals surface area contributed by atoms with Crippen LogP contribution >= 0.6 is 12.2 Å². The summed E-state index contributed by atoms with van der Waals surface area (Å²) >= 11 is 5.34. The van der Waals surface area contributed by atoms with E-state index in [1.54, 1.807) is 14.2 Å². The van der Waals surface area contributed by atoms with Gasteiger partial charge in [0.15, 0.2) is 5.11 Å². The maximum atomic E-state index is 5.53. The highest BCUT2D eigenvalue weighted by Crippen LogP contribution is 2.23. The van der Waals surface area contributed by atoms with Gasteiger partial charge in [-0.05, 0) is 32.0 Å². The molecule has 0 amide bonds. The van der Waals surface area contributed by atoms with E-state index in [1.165, 1.54) is 0 Å². The van der Waals surface area contributed by atoms with Gasteiger partial charge in [-0.3, -0.25) is 0 Å². The lowest BCUT2D eigenvalue weighted by molar-refractivity contribution is -0.0350. The van der Waals surface area contributed by atoms with Crippen molar-refractivity contribution in [1.82, 2.24) is 10.2 Å². The van der Waals surface area contributed by atoms with Crippen LogP contribution < -0.4 is 5.32 Å². The summed E-state index contributed by atoms with van der Waals surface area (Å²) in [7, 11) is 3.46. The van der Waals surface area contributed by atoms with E-state index in [2.05, 4.69) is 17.1 Å². The Bertz CT molecular complexity index is 238. The molecule has 1 aliphatic heterocycles. The molecule has 1 aliphatic rings. The van der Waals surface area contributed by atoms with Gasteiger partial charge in [0.1, 0.15) is 0 Å². The van der Waals surface area contributed by atoms with Crippen LogP contribution in [-0.2, 0) is 9.47 Å². The predicted octanol–water partition coefficient (Wildman–Crippen LogP) is 1.01. The van der Waals surface area contributed by atoms with E-state index >= 15 is 0 Å². The fourth-order valence-electron chi connectivity index (χ4n) is 1.92. The number of piperidine rings is 1. The quantitative estimate of drug-likeness (QED) is 0.591. The molecule has 0 bridgehead atoms. The van der Waals surface area contributed by atoms with Crippen molar-refractivity contribution >= 4 is 17.3 Å². The average Bonchev–Trinajstić information content (AvgIpc) is 2.29. The monoisotopic (exact) mass is 246 g/mol. The second-order valence-corrected chi connectivity index (χ2v) is 4.79. The summed E-state index contributed by atoms with van der Waals surface area (Å²) in [5, 5.41) is 4.00. The Morgan fingerprint density at radius 3 is 2.88 bits per heavy atom. The van der Waals surface area contributed by atoms with Gasteiger partial charge >= 0.3 is 0 Å². The van der Waals surface area contributed by atoms with E-state index in [0.717, 1.165) is 37.6 Å². The molecule has 1 fully saturated rings. The molecule has 4 nitrogen and oxygen atoms in total. The predicted molar refractivity (Wildman–Crippen MR) is 68.7 cm³/mol. The Labute approximate surface area is 103 Å². The van der Waals surface area contributed by atoms with E-state index in [0.29, 0.717) is 6.61 Å². The van der Waals surface area contributed by atoms with Crippen LogP contribution in [0.4, 0.5) is 0 Å². The molecule has 1 saturated heterocycles. The van der Waals surface area contributed by atoms with Crippen molar-refractivity contribution in [1.29, 1.82) is 0 Å². The summed E-state index contributed by atoms with van der Waals surface area (Å²) in [6.07, 6.45) is 2.22. The topological polar surface area (TPSA) is 33.7 Å². The lowest BCUT2D eigenvalue weighted by atomic mass is 9.95. The largest absolute Gasteiger partial charge is 0.383 e. The highest BCUT2D eigenvalue weighted by atomic mass is 32.1. The van der Waals surface area contributed by atoms with Crippen molar-refractivity contribution in [3.8, 4) is 0 Å². The first-order valence-electron chi connectivity index (χ1n) is 5.68. The molecule has 0 aromatic carbocycles. The Hall–Kier alpha value is -0.390. The van der Waals surface area contributed by atoms with E-state index in [4.69, 9.17) is 21.7 Å². The zero-order valence-electron chi connectivity index (χ0n) is 10.4. The van der Waals surface area contributed by atoms with Crippen molar-refractivity contribution in [2.75, 3.05) is 40.5 Å². The number of nitrogens with zero attached hydrogens (tertiary/aromatic N) is 1. The highest BCUT2D eigenvalue weighted by Gasteiger charge is 2.31. The summed E-state index contributed by atoms with van der Waals surface area (Å²) in [4.78, 5) is 2.18. The van der Waals surface area contributed by atoms with E-state index < -0.39 is 0 Å². The Kier molecular flexibility index (Phi) is 5.44. The molecule has 0 saturated carbocycles. The van der Waals surface area contributed by atoms with Crippen molar-refractivity contribution in [2.45, 2.75) is 25.4 Å². The van der Waals surface area contributed by atoms with Crippen LogP contribution in [-0.4, -0.2) is 56.1 Å². The van der Waals surface area contributed by atoms with Gasteiger partial charge in [0, 0.05) is 33.9 Å². The third-order valence-corrected chi connectivity index (χ3v) is 3.42. The van der Waals surface area contributed by atoms with Gasteiger partial charge in [-0.1, -0.05) is 0 Å². The number of methoxy groups -OCH3 is 2. The number of thiocarbonyl (C=S) groups is 1. The Balaban J connectivity index is 2.38. The van der Waals surface area contributed by atoms with Crippen molar-refractivity contribution in [2.24, 2.45) is 0 Å². The minimum atomic E-state index is -0.0642. The lowest BCUT2D eigenvalue weighted by Gasteiger charge is -2.40. The van der Waals surface area contributed by atoms with Gasteiger partial charge in [0.2, 0.25) is 0 Å². The van der Waals surface area contributed by atoms with Crippen LogP contribution in [0.2, 0.25) is 0 Å². The molecular weight excluding hydrogens is 224 g/mol. The number of ether oxygens (including phenoxy) is 2. The molecular formula is C11H22N2O2S. The fraction of sp³-hybridized carbons (Fsp3) is 0.909. The fourth-order valence-corrected chi connectivity index (χ4v) is 2.18. The number of hydrogen-bond donors (Lipinski definition) is 1. The minimum absolute atomic E-state index is 0.0642. The normalized spacial score (nSPS) is 25.6. The summed E-state index contributed by atoms with van der Waals surface area (Å²) in [6.45, 7) is 5.45. The summed E-state index contributed by atoms with van der Waals surface area (Å²) in [6, 6.07) is 0. The SMILES string of the molecule is COCCNC(=S)N1CCCC(C)(OC)C1. The second kappa shape index (κ2) is 6.37. The second-order valence-electron chi connectivity index (χ2n) is 4.40. The highest BCUT2D eigenvalue weighted by molar-refractivity contribution is 7.80. The summed E-state index contributed by atoms with van der Waals surface area (Å²) in [5.74, 6) is 0. The van der Waals surface area contributed by atoms with Gasteiger partial charge in [-0.2, -0.15) is 0 Å². The van der Waals surface area contributed by atoms with Gasteiger partial charge in [-0.15, -0.1) is 0 Å². The first kappa shape index (κ1) is 13.7. The number of likely N-dealkylation sites (tertiary alicyclic amines) is 1. The summed E-state index contributed by atoms with van der Waals surface area (Å²) in [5.41, 5.74) is -0.0642. The van der Waals surface area contributed by atoms with E-state index in [-0.39, 0.29) is 5.60 Å². The van der Waals surface area contributed by atoms with Crippen molar-refractivity contribution < 1.29 is 9.47 Å². The van der Waals surface area contributed by atoms with Crippen molar-refractivity contribution in [3.63, 3.8) is 0 Å². The lowest BCUT2D eigenvalue weighted by Crippen LogP contribution is -2.52. The molecule has 5 heteroatoms. The summed E-state index contributed by atoms with van der Waals surface area (Å²) < 4.78 is 10.5. The molecule has 0 spiro atoms. The first-order chi connectivity index (χ1) is 7.61. The zero-order chi connectivity index (χ0) is 12.0. The zero-order valence-corrected chi connectivity index (χ0v) is 11.2. The molecule has 0 aromatic rings. The molecule has 0 radical (unpaired) electrons. The molecule has 1 rings (SSSR count). The van der Waals surface area contributed by atoms with Crippen LogP contribution in [0.1, 0.15) is 19.8 Å². The minimum Gasteiger partial charge on any atom is -0.383 e. The van der Waals surface area contributed by atoms with Crippen LogP contribution in [0, 0.1) is 0 Å². The Morgan fingerprint density at radius 1 is 1.50 bits per heavy atom. The van der Waals surface area contributed by atoms with Crippen molar-refractivity contribution in [3.05, 3.63) is 0 Å². The molecule has 1 heterocycles. The smallest absolute Gasteiger partial charge is 0.169 e. The molecule has 16 heavy (non-hydrogen) atoms. The van der Waals surface area contributed by atoms with Crippen LogP contribution in [0.5, 0.6) is 0 Å². The van der Waals surface area contributed by atoms with Crippen LogP contribution in [0.25, 0.3) is 0 Å². The molecule has 1 atom stereocenters. The Morgan fingerprint density at radius 2 is 2.25 bits per heavy atom. The molecule has 94 valence electrons. The number of hydrogen-bond acceptors (Lipinski definition) is 3. The molecule has 1 unspecified atom stereocenters. The van der Waals surface area contributed by atoms with Crippen LogP contribution in [0.3, 0.4) is 0 Å². The molecule has 1 N–H and O–H groups in total. The first-order valence-corrected chi connectivity index (χ1v) is 6.09. The van der Waals surface area contributed by atoms with Gasteiger partial charge < -0.3 is 19.7 Å². The van der Waals surface area contributed by atoms with E-state index in [1.807, 2.05) is 0 Å². The maximum absolute atomic E-state index is 5.53. The van der Waals surface area contributed by atoms with E-state index in [9.17, 15) is 0 Å². The standard InChI is InChI=1S/C11H22N2O2S/c1-11(15-3)5-4-7-13(9-11)10(16)12-6-8-14-2/h4-9H2,1-3H3,(H,12,16). The van der Waals surface area contributed by atoms with Crippen LogP contribution in [0.15, 0.2) is 0 Å². The third-order valence-electron chi connectivity index (χ3n) is 3.02.